The van der Waals surface area contributed by atoms with Crippen LogP contribution in [0.3, 0.4) is 0 Å². The Hall–Kier alpha value is -2.27. The number of hydrogen-bond donors (Lipinski definition) is 0. The van der Waals surface area contributed by atoms with E-state index in [-0.39, 0.29) is 5.91 Å². The number of ether oxygens (including phenoxy) is 1. The maximum absolute atomic E-state index is 12.8. The van der Waals surface area contributed by atoms with E-state index in [0.717, 1.165) is 33.8 Å². The monoisotopic (exact) mass is 328 g/mol. The van der Waals surface area contributed by atoms with Gasteiger partial charge in [0.1, 0.15) is 11.4 Å². The van der Waals surface area contributed by atoms with Gasteiger partial charge >= 0.3 is 0 Å². The van der Waals surface area contributed by atoms with Crippen LogP contribution in [0.2, 0.25) is 0 Å². The Morgan fingerprint density at radius 2 is 2.00 bits per heavy atom. The van der Waals surface area contributed by atoms with E-state index in [1.54, 1.807) is 23.3 Å². The van der Waals surface area contributed by atoms with Gasteiger partial charge in [-0.05, 0) is 42.1 Å². The van der Waals surface area contributed by atoms with E-state index in [1.165, 1.54) is 0 Å². The Morgan fingerprint density at radius 3 is 2.65 bits per heavy atom. The summed E-state index contributed by atoms with van der Waals surface area (Å²) in [6.07, 6.45) is 0. The molecule has 0 fully saturated rings. The number of hydrogen-bond acceptors (Lipinski definition) is 3. The summed E-state index contributed by atoms with van der Waals surface area (Å²) in [6, 6.07) is 11.9. The van der Waals surface area contributed by atoms with Crippen molar-refractivity contribution in [2.45, 2.75) is 20.0 Å². The van der Waals surface area contributed by atoms with Crippen molar-refractivity contribution in [1.29, 1.82) is 0 Å². The average Bonchev–Trinajstić information content (AvgIpc) is 3.15. The van der Waals surface area contributed by atoms with E-state index in [1.807, 2.05) is 37.4 Å². The fourth-order valence-corrected chi connectivity index (χ4v) is 3.59. The number of carbonyl (C=O) groups is 1. The summed E-state index contributed by atoms with van der Waals surface area (Å²) in [7, 11) is 3.49. The zero-order valence-corrected chi connectivity index (χ0v) is 14.4. The Bertz CT molecular complexity index is 817. The van der Waals surface area contributed by atoms with Gasteiger partial charge in [-0.3, -0.25) is 4.79 Å². The first kappa shape index (κ1) is 15.6. The quantitative estimate of drug-likeness (QED) is 0.709. The molecule has 0 radical (unpaired) electrons. The first-order valence-corrected chi connectivity index (χ1v) is 8.47. The van der Waals surface area contributed by atoms with Crippen molar-refractivity contribution < 1.29 is 9.53 Å². The molecule has 3 aromatic rings. The fourth-order valence-electron chi connectivity index (χ4n) is 2.77. The lowest BCUT2D eigenvalue weighted by Gasteiger charge is -2.18. The molecule has 0 aliphatic carbocycles. The summed E-state index contributed by atoms with van der Waals surface area (Å²) >= 11 is 1.67. The Kier molecular flexibility index (Phi) is 4.39. The zero-order valence-electron chi connectivity index (χ0n) is 13.6. The van der Waals surface area contributed by atoms with Crippen LogP contribution in [0, 0.1) is 0 Å². The third-order valence-corrected chi connectivity index (χ3v) is 4.84. The van der Waals surface area contributed by atoms with Gasteiger partial charge in [-0.1, -0.05) is 12.1 Å². The number of amides is 1. The standard InChI is InChI=1S/C18H20N2O2S/c1-4-20-15-9-10-23-17(15)11-16(20)18(21)19(2)12-13-5-7-14(22-3)8-6-13/h5-11H,4,12H2,1-3H3. The number of carbonyl (C=O) groups excluding carboxylic acids is 1. The number of benzene rings is 1. The van der Waals surface area contributed by atoms with Gasteiger partial charge in [-0.15, -0.1) is 11.3 Å². The number of methoxy groups -OCH3 is 1. The van der Waals surface area contributed by atoms with Crippen LogP contribution in [0.4, 0.5) is 0 Å². The molecule has 0 saturated carbocycles. The molecule has 2 aromatic heterocycles. The Morgan fingerprint density at radius 1 is 1.26 bits per heavy atom. The lowest BCUT2D eigenvalue weighted by Crippen LogP contribution is -2.28. The van der Waals surface area contributed by atoms with Crippen LogP contribution in [-0.4, -0.2) is 29.5 Å². The Balaban J connectivity index is 1.81. The molecule has 1 amide bonds. The highest BCUT2D eigenvalue weighted by molar-refractivity contribution is 7.17. The van der Waals surface area contributed by atoms with Crippen LogP contribution < -0.4 is 4.74 Å². The van der Waals surface area contributed by atoms with Crippen LogP contribution in [0.5, 0.6) is 5.75 Å². The van der Waals surface area contributed by atoms with Crippen molar-refractivity contribution in [3.05, 3.63) is 53.0 Å². The first-order valence-electron chi connectivity index (χ1n) is 7.59. The summed E-state index contributed by atoms with van der Waals surface area (Å²) in [5, 5.41) is 2.06. The third-order valence-electron chi connectivity index (χ3n) is 3.98. The SMILES string of the molecule is CCn1c(C(=O)N(C)Cc2ccc(OC)cc2)cc2sccc21. The topological polar surface area (TPSA) is 34.5 Å². The molecule has 0 saturated heterocycles. The largest absolute Gasteiger partial charge is 0.497 e. The predicted molar refractivity (Wildman–Crippen MR) is 94.3 cm³/mol. The van der Waals surface area contributed by atoms with E-state index in [2.05, 4.69) is 22.9 Å². The van der Waals surface area contributed by atoms with Crippen molar-refractivity contribution in [2.75, 3.05) is 14.2 Å². The lowest BCUT2D eigenvalue weighted by molar-refractivity contribution is 0.0775. The highest BCUT2D eigenvalue weighted by Gasteiger charge is 2.19. The highest BCUT2D eigenvalue weighted by Crippen LogP contribution is 2.26. The van der Waals surface area contributed by atoms with Crippen molar-refractivity contribution in [2.24, 2.45) is 0 Å². The molecule has 1 aromatic carbocycles. The number of aromatic nitrogens is 1. The second-order valence-corrected chi connectivity index (χ2v) is 6.40. The highest BCUT2D eigenvalue weighted by atomic mass is 32.1. The van der Waals surface area contributed by atoms with Gasteiger partial charge in [-0.25, -0.2) is 0 Å². The molecular formula is C18H20N2O2S. The van der Waals surface area contributed by atoms with Gasteiger partial charge in [-0.2, -0.15) is 0 Å². The summed E-state index contributed by atoms with van der Waals surface area (Å²) in [5.74, 6) is 0.869. The van der Waals surface area contributed by atoms with Crippen molar-refractivity contribution in [1.82, 2.24) is 9.47 Å². The maximum Gasteiger partial charge on any atom is 0.270 e. The number of nitrogens with zero attached hydrogens (tertiary/aromatic N) is 2. The first-order chi connectivity index (χ1) is 11.1. The van der Waals surface area contributed by atoms with Gasteiger partial charge in [0.15, 0.2) is 0 Å². The van der Waals surface area contributed by atoms with E-state index in [4.69, 9.17) is 4.74 Å². The molecule has 23 heavy (non-hydrogen) atoms. The summed E-state index contributed by atoms with van der Waals surface area (Å²) in [4.78, 5) is 14.6. The molecule has 2 heterocycles. The molecule has 0 atom stereocenters. The molecular weight excluding hydrogens is 308 g/mol. The summed E-state index contributed by atoms with van der Waals surface area (Å²) in [5.41, 5.74) is 2.97. The molecule has 0 spiro atoms. The molecule has 0 aliphatic heterocycles. The van der Waals surface area contributed by atoms with Crippen LogP contribution in [0.1, 0.15) is 23.0 Å². The van der Waals surface area contributed by atoms with Crippen LogP contribution in [0.15, 0.2) is 41.8 Å². The van der Waals surface area contributed by atoms with Crippen LogP contribution >= 0.6 is 11.3 Å². The molecule has 5 heteroatoms. The molecule has 4 nitrogen and oxygen atoms in total. The number of fused-ring (bicyclic) bond motifs is 1. The smallest absolute Gasteiger partial charge is 0.270 e. The summed E-state index contributed by atoms with van der Waals surface area (Å²) < 4.78 is 8.41. The summed E-state index contributed by atoms with van der Waals surface area (Å²) in [6.45, 7) is 3.43. The lowest BCUT2D eigenvalue weighted by atomic mass is 10.2. The molecule has 0 unspecified atom stereocenters. The van der Waals surface area contributed by atoms with Crippen molar-refractivity contribution >= 4 is 27.5 Å². The minimum Gasteiger partial charge on any atom is -0.497 e. The number of rotatable bonds is 5. The predicted octanol–water partition coefficient (Wildman–Crippen LogP) is 4.00. The van der Waals surface area contributed by atoms with Crippen LogP contribution in [-0.2, 0) is 13.1 Å². The fraction of sp³-hybridized carbons (Fsp3) is 0.278. The zero-order chi connectivity index (χ0) is 16.4. The normalized spacial score (nSPS) is 10.9. The minimum absolute atomic E-state index is 0.0473. The van der Waals surface area contributed by atoms with Crippen LogP contribution in [0.25, 0.3) is 10.2 Å². The van der Waals surface area contributed by atoms with Crippen molar-refractivity contribution in [3.63, 3.8) is 0 Å². The number of aryl methyl sites for hydroxylation is 1. The van der Waals surface area contributed by atoms with E-state index in [9.17, 15) is 4.79 Å². The Labute approximate surface area is 139 Å². The third kappa shape index (κ3) is 2.97. The molecule has 0 N–H and O–H groups in total. The van der Waals surface area contributed by atoms with Gasteiger partial charge in [0.05, 0.1) is 17.3 Å². The van der Waals surface area contributed by atoms with Gasteiger partial charge in [0.2, 0.25) is 0 Å². The molecule has 3 rings (SSSR count). The van der Waals surface area contributed by atoms with Gasteiger partial charge < -0.3 is 14.2 Å². The van der Waals surface area contributed by atoms with E-state index >= 15 is 0 Å². The van der Waals surface area contributed by atoms with Crippen molar-refractivity contribution in [3.8, 4) is 5.75 Å². The van der Waals surface area contributed by atoms with E-state index < -0.39 is 0 Å². The average molecular weight is 328 g/mol. The molecule has 0 aliphatic rings. The second-order valence-electron chi connectivity index (χ2n) is 5.45. The second kappa shape index (κ2) is 6.46. The molecule has 0 bridgehead atoms. The molecule has 120 valence electrons. The van der Waals surface area contributed by atoms with E-state index in [0.29, 0.717) is 6.54 Å². The van der Waals surface area contributed by atoms with Gasteiger partial charge in [0.25, 0.3) is 5.91 Å². The van der Waals surface area contributed by atoms with Gasteiger partial charge in [0, 0.05) is 20.1 Å². The maximum atomic E-state index is 12.8. The minimum atomic E-state index is 0.0473. The number of thiophene rings is 1.